The van der Waals surface area contributed by atoms with Crippen molar-refractivity contribution in [2.24, 2.45) is 5.73 Å². The Morgan fingerprint density at radius 3 is 2.53 bits per heavy atom. The summed E-state index contributed by atoms with van der Waals surface area (Å²) in [7, 11) is 2.19. The molecule has 3 heteroatoms. The van der Waals surface area contributed by atoms with E-state index in [1.54, 1.807) is 0 Å². The molecule has 0 spiro atoms. The number of benzene rings is 1. The molecule has 0 fully saturated rings. The van der Waals surface area contributed by atoms with Crippen LogP contribution in [0.2, 0.25) is 0 Å². The van der Waals surface area contributed by atoms with Crippen LogP contribution >= 0.6 is 0 Å². The second-order valence-corrected chi connectivity index (χ2v) is 5.17. The maximum Gasteiger partial charge on any atom is 0.119 e. The van der Waals surface area contributed by atoms with Crippen LogP contribution in [0.15, 0.2) is 24.3 Å². The Morgan fingerprint density at radius 2 is 1.95 bits per heavy atom. The largest absolute Gasteiger partial charge is 0.494 e. The highest BCUT2D eigenvalue weighted by Gasteiger charge is 2.07. The zero-order chi connectivity index (χ0) is 14.1. The minimum atomic E-state index is 0.584. The molecule has 0 aliphatic rings. The van der Waals surface area contributed by atoms with Crippen LogP contribution in [0.4, 0.5) is 0 Å². The van der Waals surface area contributed by atoms with Crippen LogP contribution in [-0.2, 0) is 6.54 Å². The van der Waals surface area contributed by atoms with Crippen molar-refractivity contribution in [2.75, 3.05) is 20.2 Å². The van der Waals surface area contributed by atoms with Gasteiger partial charge in [0.1, 0.15) is 5.75 Å². The molecule has 0 aliphatic heterocycles. The number of nitrogens with two attached hydrogens (primary N) is 1. The van der Waals surface area contributed by atoms with Crippen LogP contribution in [-0.4, -0.2) is 31.1 Å². The average Bonchev–Trinajstić information content (AvgIpc) is 2.44. The van der Waals surface area contributed by atoms with Crippen LogP contribution in [0, 0.1) is 0 Å². The first-order valence-electron chi connectivity index (χ1n) is 7.29. The molecule has 1 atom stereocenters. The molecular weight excluding hydrogens is 236 g/mol. The maximum atomic E-state index is 5.73. The second-order valence-electron chi connectivity index (χ2n) is 5.17. The lowest BCUT2D eigenvalue weighted by molar-refractivity contribution is 0.216. The number of hydrogen-bond donors (Lipinski definition) is 1. The van der Waals surface area contributed by atoms with Crippen molar-refractivity contribution in [3.05, 3.63) is 29.8 Å². The van der Waals surface area contributed by atoms with Crippen molar-refractivity contribution >= 4 is 0 Å². The third kappa shape index (κ3) is 6.08. The van der Waals surface area contributed by atoms with Crippen molar-refractivity contribution in [1.82, 2.24) is 4.90 Å². The van der Waals surface area contributed by atoms with Gasteiger partial charge in [-0.05, 0) is 44.5 Å². The highest BCUT2D eigenvalue weighted by atomic mass is 16.5. The Bertz CT molecular complexity index is 337. The molecule has 0 aliphatic carbocycles. The van der Waals surface area contributed by atoms with Gasteiger partial charge in [-0.1, -0.05) is 25.5 Å². The fourth-order valence-corrected chi connectivity index (χ4v) is 2.08. The van der Waals surface area contributed by atoms with E-state index in [-0.39, 0.29) is 0 Å². The summed E-state index contributed by atoms with van der Waals surface area (Å²) in [4.78, 5) is 2.41. The van der Waals surface area contributed by atoms with Crippen LogP contribution in [0.25, 0.3) is 0 Å². The monoisotopic (exact) mass is 264 g/mol. The fraction of sp³-hybridized carbons (Fsp3) is 0.625. The number of nitrogens with zero attached hydrogens (tertiary/aromatic N) is 1. The van der Waals surface area contributed by atoms with E-state index in [4.69, 9.17) is 10.5 Å². The molecule has 0 aromatic heterocycles. The molecule has 0 saturated heterocycles. The summed E-state index contributed by atoms with van der Waals surface area (Å²) in [5.41, 5.74) is 6.70. The van der Waals surface area contributed by atoms with Gasteiger partial charge in [0.25, 0.3) is 0 Å². The molecule has 2 N–H and O–H groups in total. The van der Waals surface area contributed by atoms with Gasteiger partial charge in [-0.3, -0.25) is 0 Å². The first-order chi connectivity index (χ1) is 9.17. The zero-order valence-corrected chi connectivity index (χ0v) is 12.6. The van der Waals surface area contributed by atoms with E-state index < -0.39 is 0 Å². The lowest BCUT2D eigenvalue weighted by Crippen LogP contribution is -2.30. The highest BCUT2D eigenvalue weighted by molar-refractivity contribution is 5.26. The standard InChI is InChI=1S/C16H28N2O/c1-4-6-14(2)18(3)11-5-12-19-16-9-7-15(13-17)8-10-16/h7-10,14H,4-6,11-13,17H2,1-3H3. The Morgan fingerprint density at radius 1 is 1.26 bits per heavy atom. The zero-order valence-electron chi connectivity index (χ0n) is 12.6. The van der Waals surface area contributed by atoms with Crippen molar-refractivity contribution in [2.45, 2.75) is 45.7 Å². The van der Waals surface area contributed by atoms with E-state index in [0.29, 0.717) is 12.6 Å². The number of rotatable bonds is 9. The lowest BCUT2D eigenvalue weighted by atomic mass is 10.2. The summed E-state index contributed by atoms with van der Waals surface area (Å²) in [5, 5.41) is 0. The lowest BCUT2D eigenvalue weighted by Gasteiger charge is -2.24. The average molecular weight is 264 g/mol. The molecule has 0 saturated carbocycles. The van der Waals surface area contributed by atoms with Gasteiger partial charge >= 0.3 is 0 Å². The van der Waals surface area contributed by atoms with E-state index in [1.807, 2.05) is 24.3 Å². The van der Waals surface area contributed by atoms with Crippen LogP contribution in [0.3, 0.4) is 0 Å². The Kier molecular flexibility index (Phi) is 7.53. The molecule has 1 aromatic carbocycles. The normalized spacial score (nSPS) is 12.7. The molecule has 0 bridgehead atoms. The topological polar surface area (TPSA) is 38.5 Å². The molecule has 1 aromatic rings. The van der Waals surface area contributed by atoms with Crippen molar-refractivity contribution in [1.29, 1.82) is 0 Å². The van der Waals surface area contributed by atoms with Gasteiger partial charge in [-0.15, -0.1) is 0 Å². The molecule has 19 heavy (non-hydrogen) atoms. The molecule has 0 amide bonds. The van der Waals surface area contributed by atoms with Gasteiger partial charge in [0.2, 0.25) is 0 Å². The van der Waals surface area contributed by atoms with Gasteiger partial charge in [-0.25, -0.2) is 0 Å². The van der Waals surface area contributed by atoms with Gasteiger partial charge in [0.05, 0.1) is 6.61 Å². The van der Waals surface area contributed by atoms with Crippen LogP contribution in [0.1, 0.15) is 38.7 Å². The molecule has 1 rings (SSSR count). The SMILES string of the molecule is CCCC(C)N(C)CCCOc1ccc(CN)cc1. The van der Waals surface area contributed by atoms with E-state index in [9.17, 15) is 0 Å². The second kappa shape index (κ2) is 8.94. The molecule has 3 nitrogen and oxygen atoms in total. The minimum Gasteiger partial charge on any atom is -0.494 e. The smallest absolute Gasteiger partial charge is 0.119 e. The number of ether oxygens (including phenoxy) is 1. The summed E-state index contributed by atoms with van der Waals surface area (Å²) in [6.07, 6.45) is 3.57. The third-order valence-electron chi connectivity index (χ3n) is 3.54. The summed E-state index contributed by atoms with van der Waals surface area (Å²) in [5.74, 6) is 0.932. The fourth-order valence-electron chi connectivity index (χ4n) is 2.08. The summed E-state index contributed by atoms with van der Waals surface area (Å²) in [6.45, 7) is 6.96. The number of hydrogen-bond acceptors (Lipinski definition) is 3. The minimum absolute atomic E-state index is 0.584. The summed E-state index contributed by atoms with van der Waals surface area (Å²) < 4.78 is 5.73. The van der Waals surface area contributed by atoms with Gasteiger partial charge in [0, 0.05) is 19.1 Å². The van der Waals surface area contributed by atoms with Crippen molar-refractivity contribution in [3.63, 3.8) is 0 Å². The predicted molar refractivity (Wildman–Crippen MR) is 81.4 cm³/mol. The van der Waals surface area contributed by atoms with Crippen LogP contribution in [0.5, 0.6) is 5.75 Å². The van der Waals surface area contributed by atoms with Gasteiger partial charge in [-0.2, -0.15) is 0 Å². The van der Waals surface area contributed by atoms with E-state index in [1.165, 1.54) is 12.8 Å². The van der Waals surface area contributed by atoms with E-state index in [2.05, 4.69) is 25.8 Å². The first kappa shape index (κ1) is 16.0. The Hall–Kier alpha value is -1.06. The maximum absolute atomic E-state index is 5.73. The van der Waals surface area contributed by atoms with Gasteiger partial charge in [0.15, 0.2) is 0 Å². The van der Waals surface area contributed by atoms with E-state index >= 15 is 0 Å². The Balaban J connectivity index is 2.19. The van der Waals surface area contributed by atoms with Gasteiger partial charge < -0.3 is 15.4 Å². The molecule has 108 valence electrons. The first-order valence-corrected chi connectivity index (χ1v) is 7.29. The quantitative estimate of drug-likeness (QED) is 0.697. The molecule has 0 radical (unpaired) electrons. The Labute approximate surface area is 117 Å². The van der Waals surface area contributed by atoms with Crippen molar-refractivity contribution < 1.29 is 4.74 Å². The summed E-state index contributed by atoms with van der Waals surface area (Å²) in [6, 6.07) is 8.68. The summed E-state index contributed by atoms with van der Waals surface area (Å²) >= 11 is 0. The molecular formula is C16H28N2O. The molecule has 1 unspecified atom stereocenters. The predicted octanol–water partition coefficient (Wildman–Crippen LogP) is 3.03. The molecule has 0 heterocycles. The van der Waals surface area contributed by atoms with Crippen LogP contribution < -0.4 is 10.5 Å². The highest BCUT2D eigenvalue weighted by Crippen LogP contribution is 2.12. The van der Waals surface area contributed by atoms with Crippen molar-refractivity contribution in [3.8, 4) is 5.75 Å². The third-order valence-corrected chi connectivity index (χ3v) is 3.54. The van der Waals surface area contributed by atoms with E-state index in [0.717, 1.165) is 30.9 Å².